The van der Waals surface area contributed by atoms with E-state index in [2.05, 4.69) is 27.7 Å². The van der Waals surface area contributed by atoms with Crippen molar-refractivity contribution < 1.29 is 8.42 Å². The molecule has 0 aromatic carbocycles. The lowest BCUT2D eigenvalue weighted by molar-refractivity contribution is 0.505. The maximum Gasteiger partial charge on any atom is 0.155 e. The molecule has 0 aliphatic carbocycles. The van der Waals surface area contributed by atoms with E-state index in [1.54, 1.807) is 0 Å². The normalized spacial score (nSPS) is 16.0. The number of rotatable bonds is 10. The molecule has 0 heterocycles. The van der Waals surface area contributed by atoms with Crippen LogP contribution >= 0.6 is 0 Å². The smallest absolute Gasteiger partial charge is 0.155 e. The summed E-state index contributed by atoms with van der Waals surface area (Å²) in [5.41, 5.74) is 0. The van der Waals surface area contributed by atoms with Crippen LogP contribution in [0.2, 0.25) is 0 Å². The van der Waals surface area contributed by atoms with Crippen molar-refractivity contribution >= 4 is 9.84 Å². The van der Waals surface area contributed by atoms with E-state index in [0.717, 1.165) is 38.5 Å². The summed E-state index contributed by atoms with van der Waals surface area (Å²) < 4.78 is 24.8. The Morgan fingerprint density at radius 1 is 0.632 bits per heavy atom. The molecule has 0 radical (unpaired) electrons. The van der Waals surface area contributed by atoms with Gasteiger partial charge in [0.25, 0.3) is 0 Å². The van der Waals surface area contributed by atoms with Crippen molar-refractivity contribution in [3.8, 4) is 0 Å². The number of hydrogen-bond donors (Lipinski definition) is 0. The maximum absolute atomic E-state index is 12.4. The molecule has 0 fully saturated rings. The summed E-state index contributed by atoms with van der Waals surface area (Å²) in [5.74, 6) is 1.33. The Labute approximate surface area is 121 Å². The van der Waals surface area contributed by atoms with Crippen LogP contribution in [0, 0.1) is 11.8 Å². The van der Waals surface area contributed by atoms with Crippen LogP contribution in [-0.4, -0.2) is 18.9 Å². The van der Waals surface area contributed by atoms with Gasteiger partial charge in [-0.3, -0.25) is 0 Å². The van der Waals surface area contributed by atoms with Crippen LogP contribution in [0.3, 0.4) is 0 Å². The van der Waals surface area contributed by atoms with Crippen molar-refractivity contribution in [1.29, 1.82) is 0 Å². The molecular formula is C16H34O2S. The van der Waals surface area contributed by atoms with E-state index in [9.17, 15) is 8.42 Å². The van der Waals surface area contributed by atoms with Gasteiger partial charge in [-0.15, -0.1) is 0 Å². The summed E-state index contributed by atoms with van der Waals surface area (Å²) in [6.45, 7) is 12.5. The average Bonchev–Trinajstić information content (AvgIpc) is 2.27. The zero-order chi connectivity index (χ0) is 15.1. The van der Waals surface area contributed by atoms with Gasteiger partial charge in [0.1, 0.15) is 0 Å². The van der Waals surface area contributed by atoms with Gasteiger partial charge in [0.05, 0.1) is 10.5 Å². The Bertz CT molecular complexity index is 292. The summed E-state index contributed by atoms with van der Waals surface area (Å²) in [7, 11) is -2.93. The highest BCUT2D eigenvalue weighted by Gasteiger charge is 2.27. The SMILES string of the molecule is CC(C)CCCC(C)S(=O)(=O)C(C)CCCC(C)C. The van der Waals surface area contributed by atoms with E-state index in [1.807, 2.05) is 13.8 Å². The highest BCUT2D eigenvalue weighted by molar-refractivity contribution is 7.92. The first-order valence-corrected chi connectivity index (χ1v) is 9.51. The molecule has 0 aromatic heterocycles. The zero-order valence-corrected chi connectivity index (χ0v) is 14.6. The van der Waals surface area contributed by atoms with Gasteiger partial charge in [0.15, 0.2) is 9.84 Å². The van der Waals surface area contributed by atoms with Gasteiger partial charge < -0.3 is 0 Å². The van der Waals surface area contributed by atoms with Crippen molar-refractivity contribution in [2.24, 2.45) is 11.8 Å². The lowest BCUT2D eigenvalue weighted by Gasteiger charge is -2.19. The molecule has 0 N–H and O–H groups in total. The molecule has 0 aliphatic heterocycles. The first-order chi connectivity index (χ1) is 8.67. The van der Waals surface area contributed by atoms with E-state index >= 15 is 0 Å². The fourth-order valence-electron chi connectivity index (χ4n) is 2.35. The summed E-state index contributed by atoms with van der Waals surface area (Å²) in [6.07, 6.45) is 5.93. The quantitative estimate of drug-likeness (QED) is 0.577. The lowest BCUT2D eigenvalue weighted by Crippen LogP contribution is -2.28. The molecule has 0 bridgehead atoms. The van der Waals surface area contributed by atoms with Crippen molar-refractivity contribution in [3.63, 3.8) is 0 Å². The Kier molecular flexibility index (Phi) is 8.97. The molecule has 0 rings (SSSR count). The molecule has 116 valence electrons. The minimum Gasteiger partial charge on any atom is -0.228 e. The summed E-state index contributed by atoms with van der Waals surface area (Å²) in [6, 6.07) is 0. The van der Waals surface area contributed by atoms with E-state index in [1.165, 1.54) is 0 Å². The van der Waals surface area contributed by atoms with Crippen LogP contribution in [-0.2, 0) is 9.84 Å². The van der Waals surface area contributed by atoms with E-state index in [4.69, 9.17) is 0 Å². The first-order valence-electron chi connectivity index (χ1n) is 7.90. The Balaban J connectivity index is 4.18. The second kappa shape index (κ2) is 8.99. The van der Waals surface area contributed by atoms with E-state index in [-0.39, 0.29) is 10.5 Å². The van der Waals surface area contributed by atoms with Gasteiger partial charge in [-0.25, -0.2) is 8.42 Å². The maximum atomic E-state index is 12.4. The Morgan fingerprint density at radius 3 is 1.21 bits per heavy atom. The van der Waals surface area contributed by atoms with Crippen LogP contribution in [0.5, 0.6) is 0 Å². The minimum absolute atomic E-state index is 0.180. The largest absolute Gasteiger partial charge is 0.228 e. The van der Waals surface area contributed by atoms with Gasteiger partial charge in [-0.2, -0.15) is 0 Å². The summed E-state index contributed by atoms with van der Waals surface area (Å²) in [4.78, 5) is 0. The third-order valence-electron chi connectivity index (χ3n) is 3.91. The van der Waals surface area contributed by atoms with Crippen LogP contribution in [0.15, 0.2) is 0 Å². The predicted molar refractivity (Wildman–Crippen MR) is 85.2 cm³/mol. The molecule has 0 aromatic rings. The summed E-state index contributed by atoms with van der Waals surface area (Å²) >= 11 is 0. The lowest BCUT2D eigenvalue weighted by atomic mass is 10.1. The van der Waals surface area contributed by atoms with Crippen LogP contribution < -0.4 is 0 Å². The highest BCUT2D eigenvalue weighted by Crippen LogP contribution is 2.21. The molecule has 0 aliphatic rings. The van der Waals surface area contributed by atoms with Crippen molar-refractivity contribution in [3.05, 3.63) is 0 Å². The van der Waals surface area contributed by atoms with Crippen molar-refractivity contribution in [2.45, 2.75) is 90.6 Å². The molecule has 0 saturated heterocycles. The molecule has 2 unspecified atom stereocenters. The fourth-order valence-corrected chi connectivity index (χ4v) is 4.14. The van der Waals surface area contributed by atoms with Crippen LogP contribution in [0.25, 0.3) is 0 Å². The summed E-state index contributed by atoms with van der Waals surface area (Å²) in [5, 5.41) is -0.361. The zero-order valence-electron chi connectivity index (χ0n) is 13.8. The van der Waals surface area contributed by atoms with E-state index in [0.29, 0.717) is 11.8 Å². The van der Waals surface area contributed by atoms with Gasteiger partial charge >= 0.3 is 0 Å². The second-order valence-corrected chi connectivity index (χ2v) is 9.65. The molecule has 19 heavy (non-hydrogen) atoms. The topological polar surface area (TPSA) is 34.1 Å². The van der Waals surface area contributed by atoms with Crippen LogP contribution in [0.4, 0.5) is 0 Å². The number of sulfone groups is 1. The Hall–Kier alpha value is -0.0500. The van der Waals surface area contributed by atoms with Gasteiger partial charge in [0.2, 0.25) is 0 Å². The molecule has 0 spiro atoms. The number of hydrogen-bond acceptors (Lipinski definition) is 2. The van der Waals surface area contributed by atoms with E-state index < -0.39 is 9.84 Å². The van der Waals surface area contributed by atoms with Gasteiger partial charge in [-0.05, 0) is 38.5 Å². The second-order valence-electron chi connectivity index (χ2n) is 6.86. The van der Waals surface area contributed by atoms with Gasteiger partial charge in [-0.1, -0.05) is 53.4 Å². The molecular weight excluding hydrogens is 256 g/mol. The van der Waals surface area contributed by atoms with Gasteiger partial charge in [0, 0.05) is 0 Å². The highest BCUT2D eigenvalue weighted by atomic mass is 32.2. The fraction of sp³-hybridized carbons (Fsp3) is 1.00. The van der Waals surface area contributed by atoms with Crippen LogP contribution in [0.1, 0.15) is 80.1 Å². The monoisotopic (exact) mass is 290 g/mol. The standard InChI is InChI=1S/C16H34O2S/c1-13(2)9-7-11-15(5)19(17,18)16(6)12-8-10-14(3)4/h13-16H,7-12H2,1-6H3. The molecule has 0 amide bonds. The molecule has 2 atom stereocenters. The van der Waals surface area contributed by atoms with Crippen molar-refractivity contribution in [2.75, 3.05) is 0 Å². The molecule has 3 heteroatoms. The van der Waals surface area contributed by atoms with Crippen molar-refractivity contribution in [1.82, 2.24) is 0 Å². The minimum atomic E-state index is -2.93. The molecule has 2 nitrogen and oxygen atoms in total. The average molecular weight is 291 g/mol. The Morgan fingerprint density at radius 2 is 0.947 bits per heavy atom. The third-order valence-corrected chi connectivity index (χ3v) is 6.62. The molecule has 0 saturated carbocycles. The predicted octanol–water partition coefficient (Wildman–Crippen LogP) is 4.83. The third kappa shape index (κ3) is 7.96. The first kappa shape index (κ1) is 18.9.